The summed E-state index contributed by atoms with van der Waals surface area (Å²) in [5.41, 5.74) is 5.49. The molecule has 22 heavy (non-hydrogen) atoms. The first-order chi connectivity index (χ1) is 10.2. The molecular weight excluding hydrogens is 326 g/mol. The molecule has 1 aliphatic rings. The molecule has 1 aliphatic carbocycles. The van der Waals surface area contributed by atoms with Gasteiger partial charge < -0.3 is 5.73 Å². The molecule has 1 atom stereocenters. The molecular formula is C13H21N3O4S2. The standard InChI is InChI=1S/C13H21N3O4S2/c1-10(9-14)16(2)22(19,20)13-7-5-12(6-8-13)21(17,18)15-11-3-4-11/h5-8,10-11,15H,3-4,9,14H2,1-2H3. The van der Waals surface area contributed by atoms with Gasteiger partial charge in [0, 0.05) is 25.7 Å². The lowest BCUT2D eigenvalue weighted by molar-refractivity contribution is 0.394. The fourth-order valence-corrected chi connectivity index (χ4v) is 4.51. The van der Waals surface area contributed by atoms with E-state index < -0.39 is 20.0 Å². The van der Waals surface area contributed by atoms with Gasteiger partial charge in [0.05, 0.1) is 9.79 Å². The summed E-state index contributed by atoms with van der Waals surface area (Å²) in [6.45, 7) is 1.91. The Kier molecular flexibility index (Phi) is 4.93. The summed E-state index contributed by atoms with van der Waals surface area (Å²) in [6, 6.07) is 4.87. The SMILES string of the molecule is CC(CN)N(C)S(=O)(=O)c1ccc(S(=O)(=O)NC2CC2)cc1. The van der Waals surface area contributed by atoms with Gasteiger partial charge in [-0.15, -0.1) is 0 Å². The first-order valence-electron chi connectivity index (χ1n) is 6.99. The molecule has 0 heterocycles. The average Bonchev–Trinajstić information content (AvgIpc) is 3.29. The molecule has 1 fully saturated rings. The van der Waals surface area contributed by atoms with Crippen LogP contribution in [0.1, 0.15) is 19.8 Å². The van der Waals surface area contributed by atoms with Crippen LogP contribution < -0.4 is 10.5 Å². The van der Waals surface area contributed by atoms with Gasteiger partial charge in [0.1, 0.15) is 0 Å². The molecule has 0 bridgehead atoms. The third kappa shape index (κ3) is 3.66. The number of nitrogens with two attached hydrogens (primary N) is 1. The summed E-state index contributed by atoms with van der Waals surface area (Å²) in [5, 5.41) is 0. The van der Waals surface area contributed by atoms with Gasteiger partial charge in [-0.1, -0.05) is 0 Å². The van der Waals surface area contributed by atoms with Crippen molar-refractivity contribution in [3.8, 4) is 0 Å². The molecule has 1 aromatic carbocycles. The molecule has 0 aromatic heterocycles. The minimum atomic E-state index is -3.69. The van der Waals surface area contributed by atoms with Crippen LogP contribution in [0.3, 0.4) is 0 Å². The van der Waals surface area contributed by atoms with Crippen LogP contribution in [0.4, 0.5) is 0 Å². The van der Waals surface area contributed by atoms with E-state index in [2.05, 4.69) is 4.72 Å². The predicted molar refractivity (Wildman–Crippen MR) is 83.3 cm³/mol. The van der Waals surface area contributed by atoms with Crippen LogP contribution >= 0.6 is 0 Å². The zero-order chi connectivity index (χ0) is 16.5. The quantitative estimate of drug-likeness (QED) is 0.727. The molecule has 2 rings (SSSR count). The minimum Gasteiger partial charge on any atom is -0.329 e. The van der Waals surface area contributed by atoms with Crippen molar-refractivity contribution in [1.29, 1.82) is 0 Å². The van der Waals surface area contributed by atoms with E-state index in [9.17, 15) is 16.8 Å². The van der Waals surface area contributed by atoms with Crippen LogP contribution in [-0.2, 0) is 20.0 Å². The highest BCUT2D eigenvalue weighted by molar-refractivity contribution is 7.89. The van der Waals surface area contributed by atoms with Gasteiger partial charge in [-0.25, -0.2) is 21.6 Å². The number of benzene rings is 1. The first kappa shape index (κ1) is 17.4. The highest BCUT2D eigenvalue weighted by atomic mass is 32.2. The molecule has 1 saturated carbocycles. The van der Waals surface area contributed by atoms with Crippen LogP contribution in [0.15, 0.2) is 34.1 Å². The van der Waals surface area contributed by atoms with E-state index in [0.717, 1.165) is 12.8 Å². The zero-order valence-corrected chi connectivity index (χ0v) is 14.2. The average molecular weight is 347 g/mol. The van der Waals surface area contributed by atoms with Crippen LogP contribution in [0.2, 0.25) is 0 Å². The first-order valence-corrected chi connectivity index (χ1v) is 9.91. The van der Waals surface area contributed by atoms with E-state index in [4.69, 9.17) is 5.73 Å². The lowest BCUT2D eigenvalue weighted by atomic mass is 10.4. The topological polar surface area (TPSA) is 110 Å². The Morgan fingerprint density at radius 1 is 1.18 bits per heavy atom. The van der Waals surface area contributed by atoms with Crippen molar-refractivity contribution in [2.75, 3.05) is 13.6 Å². The Morgan fingerprint density at radius 2 is 1.68 bits per heavy atom. The third-order valence-corrected chi connectivity index (χ3v) is 7.19. The number of nitrogens with one attached hydrogen (secondary N) is 1. The summed E-state index contributed by atoms with van der Waals surface area (Å²) < 4.78 is 52.6. The maximum atomic E-state index is 12.4. The van der Waals surface area contributed by atoms with Gasteiger partial charge in [-0.05, 0) is 44.0 Å². The maximum Gasteiger partial charge on any atom is 0.243 e. The third-order valence-electron chi connectivity index (χ3n) is 3.67. The largest absolute Gasteiger partial charge is 0.329 e. The van der Waals surface area contributed by atoms with Crippen LogP contribution in [-0.4, -0.2) is 46.8 Å². The second kappa shape index (κ2) is 6.25. The normalized spacial score (nSPS) is 17.6. The Labute approximate surface area is 131 Å². The van der Waals surface area contributed by atoms with E-state index in [-0.39, 0.29) is 28.4 Å². The van der Waals surface area contributed by atoms with Crippen molar-refractivity contribution in [2.24, 2.45) is 5.73 Å². The lowest BCUT2D eigenvalue weighted by Gasteiger charge is -2.23. The minimum absolute atomic E-state index is 0.00458. The smallest absolute Gasteiger partial charge is 0.243 e. The van der Waals surface area contributed by atoms with Crippen LogP contribution in [0, 0.1) is 0 Å². The van der Waals surface area contributed by atoms with Crippen molar-refractivity contribution in [3.63, 3.8) is 0 Å². The van der Waals surface area contributed by atoms with Crippen molar-refractivity contribution >= 4 is 20.0 Å². The molecule has 7 nitrogen and oxygen atoms in total. The Hall–Kier alpha value is -1.00. The summed E-state index contributed by atoms with van der Waals surface area (Å²) in [4.78, 5) is 0.105. The lowest BCUT2D eigenvalue weighted by Crippen LogP contribution is -2.39. The molecule has 1 aromatic rings. The maximum absolute atomic E-state index is 12.4. The van der Waals surface area contributed by atoms with Crippen molar-refractivity contribution in [3.05, 3.63) is 24.3 Å². The van der Waals surface area contributed by atoms with Gasteiger partial charge in [0.15, 0.2) is 0 Å². The summed E-state index contributed by atoms with van der Waals surface area (Å²) in [7, 11) is -5.81. The Balaban J connectivity index is 2.24. The van der Waals surface area contributed by atoms with E-state index in [0.29, 0.717) is 0 Å². The van der Waals surface area contributed by atoms with E-state index in [1.807, 2.05) is 0 Å². The van der Waals surface area contributed by atoms with Crippen molar-refractivity contribution in [2.45, 2.75) is 41.6 Å². The van der Waals surface area contributed by atoms with Gasteiger partial charge in [-0.2, -0.15) is 4.31 Å². The molecule has 3 N–H and O–H groups in total. The molecule has 0 amide bonds. The number of rotatable bonds is 7. The van der Waals surface area contributed by atoms with E-state index in [1.54, 1.807) is 6.92 Å². The number of likely N-dealkylation sites (N-methyl/N-ethyl adjacent to an activating group) is 1. The number of nitrogens with zero attached hydrogens (tertiary/aromatic N) is 1. The molecule has 9 heteroatoms. The van der Waals surface area contributed by atoms with Crippen LogP contribution in [0.5, 0.6) is 0 Å². The molecule has 0 aliphatic heterocycles. The fourth-order valence-electron chi connectivity index (χ4n) is 1.83. The number of hydrogen-bond acceptors (Lipinski definition) is 5. The van der Waals surface area contributed by atoms with Gasteiger partial charge in [-0.3, -0.25) is 0 Å². The monoisotopic (exact) mass is 347 g/mol. The summed E-state index contributed by atoms with van der Waals surface area (Å²) in [5.74, 6) is 0. The van der Waals surface area contributed by atoms with Crippen LogP contribution in [0.25, 0.3) is 0 Å². The molecule has 0 spiro atoms. The number of hydrogen-bond donors (Lipinski definition) is 2. The fraction of sp³-hybridized carbons (Fsp3) is 0.538. The summed E-state index contributed by atoms with van der Waals surface area (Å²) in [6.07, 6.45) is 1.68. The second-order valence-corrected chi connectivity index (χ2v) is 9.18. The molecule has 1 unspecified atom stereocenters. The Morgan fingerprint density at radius 3 is 2.14 bits per heavy atom. The van der Waals surface area contributed by atoms with E-state index in [1.165, 1.54) is 35.6 Å². The predicted octanol–water partition coefficient (Wildman–Crippen LogP) is 0.0950. The highest BCUT2D eigenvalue weighted by Crippen LogP contribution is 2.23. The van der Waals surface area contributed by atoms with Gasteiger partial charge in [0.2, 0.25) is 20.0 Å². The van der Waals surface area contributed by atoms with E-state index >= 15 is 0 Å². The molecule has 0 radical (unpaired) electrons. The van der Waals surface area contributed by atoms with Crippen molar-refractivity contribution in [1.82, 2.24) is 9.03 Å². The molecule has 0 saturated heterocycles. The van der Waals surface area contributed by atoms with Gasteiger partial charge in [0.25, 0.3) is 0 Å². The highest BCUT2D eigenvalue weighted by Gasteiger charge is 2.29. The second-order valence-electron chi connectivity index (χ2n) is 5.47. The molecule has 124 valence electrons. The summed E-state index contributed by atoms with van der Waals surface area (Å²) >= 11 is 0. The Bertz CT molecular complexity index is 725. The van der Waals surface area contributed by atoms with Crippen molar-refractivity contribution < 1.29 is 16.8 Å². The van der Waals surface area contributed by atoms with Gasteiger partial charge >= 0.3 is 0 Å². The number of sulfonamides is 2. The zero-order valence-electron chi connectivity index (χ0n) is 12.6.